The minimum absolute atomic E-state index is 0.0382. The van der Waals surface area contributed by atoms with Crippen molar-refractivity contribution >= 4 is 27.9 Å². The van der Waals surface area contributed by atoms with Crippen LogP contribution in [0.25, 0.3) is 0 Å². The molecule has 0 radical (unpaired) electrons. The minimum atomic E-state index is -0.857. The molecule has 2 saturated carbocycles. The van der Waals surface area contributed by atoms with Gasteiger partial charge in [0.2, 0.25) is 0 Å². The highest BCUT2D eigenvalue weighted by Crippen LogP contribution is 2.59. The van der Waals surface area contributed by atoms with Crippen molar-refractivity contribution in [3.63, 3.8) is 0 Å². The SMILES string of the molecule is O=C(O)[C@@H]1[C@H]2C[C@@H]3[C@@H](OC(=O)[C@@H]31)[C@H]2Br. The molecule has 5 heteroatoms. The summed E-state index contributed by atoms with van der Waals surface area (Å²) in [5.41, 5.74) is 0. The maximum atomic E-state index is 11.4. The molecule has 0 aromatic heterocycles. The normalized spacial score (nSPS) is 53.6. The Hall–Kier alpha value is -0.580. The van der Waals surface area contributed by atoms with Crippen LogP contribution in [0.2, 0.25) is 0 Å². The van der Waals surface area contributed by atoms with Gasteiger partial charge in [0.25, 0.3) is 0 Å². The van der Waals surface area contributed by atoms with Crippen LogP contribution in [-0.4, -0.2) is 28.0 Å². The lowest BCUT2D eigenvalue weighted by atomic mass is 9.80. The molecule has 3 fully saturated rings. The van der Waals surface area contributed by atoms with Gasteiger partial charge in [0, 0.05) is 5.92 Å². The Morgan fingerprint density at radius 2 is 2.21 bits per heavy atom. The first-order valence-corrected chi connectivity index (χ1v) is 5.60. The lowest BCUT2D eigenvalue weighted by Gasteiger charge is -2.25. The lowest BCUT2D eigenvalue weighted by molar-refractivity contribution is -0.151. The zero-order valence-corrected chi connectivity index (χ0v) is 8.81. The van der Waals surface area contributed by atoms with Gasteiger partial charge >= 0.3 is 11.9 Å². The van der Waals surface area contributed by atoms with Gasteiger partial charge in [-0.25, -0.2) is 0 Å². The molecule has 0 spiro atoms. The van der Waals surface area contributed by atoms with Gasteiger partial charge in [-0.15, -0.1) is 0 Å². The van der Waals surface area contributed by atoms with Crippen molar-refractivity contribution in [1.29, 1.82) is 0 Å². The average Bonchev–Trinajstić information content (AvgIpc) is 2.67. The van der Waals surface area contributed by atoms with E-state index in [4.69, 9.17) is 9.84 Å². The van der Waals surface area contributed by atoms with Crippen LogP contribution in [0.5, 0.6) is 0 Å². The van der Waals surface area contributed by atoms with Crippen LogP contribution in [0.1, 0.15) is 6.42 Å². The molecule has 14 heavy (non-hydrogen) atoms. The molecule has 1 heterocycles. The molecule has 0 unspecified atom stereocenters. The molecule has 1 aliphatic heterocycles. The third-order valence-corrected chi connectivity index (χ3v) is 5.01. The summed E-state index contributed by atoms with van der Waals surface area (Å²) in [7, 11) is 0. The largest absolute Gasteiger partial charge is 0.481 e. The van der Waals surface area contributed by atoms with E-state index >= 15 is 0 Å². The summed E-state index contributed by atoms with van der Waals surface area (Å²) in [6, 6.07) is 0. The maximum Gasteiger partial charge on any atom is 0.310 e. The zero-order valence-electron chi connectivity index (χ0n) is 7.22. The topological polar surface area (TPSA) is 63.6 Å². The van der Waals surface area contributed by atoms with Crippen molar-refractivity contribution in [3.8, 4) is 0 Å². The van der Waals surface area contributed by atoms with Crippen molar-refractivity contribution in [2.45, 2.75) is 17.4 Å². The Kier molecular flexibility index (Phi) is 1.56. The predicted molar refractivity (Wildman–Crippen MR) is 48.8 cm³/mol. The summed E-state index contributed by atoms with van der Waals surface area (Å²) in [6.07, 6.45) is 0.738. The van der Waals surface area contributed by atoms with Crippen molar-refractivity contribution in [2.75, 3.05) is 0 Å². The molecular weight excluding hydrogens is 252 g/mol. The number of rotatable bonds is 1. The number of carboxylic acids is 1. The minimum Gasteiger partial charge on any atom is -0.481 e. The molecular formula is C9H9BrO4. The fraction of sp³-hybridized carbons (Fsp3) is 0.778. The number of alkyl halides is 1. The first kappa shape index (κ1) is 8.71. The quantitative estimate of drug-likeness (QED) is 0.555. The maximum absolute atomic E-state index is 11.4. The zero-order chi connectivity index (χ0) is 10.0. The summed E-state index contributed by atoms with van der Waals surface area (Å²) < 4.78 is 5.18. The van der Waals surface area contributed by atoms with Crippen LogP contribution >= 0.6 is 15.9 Å². The number of ether oxygens (including phenoxy) is 1. The van der Waals surface area contributed by atoms with E-state index in [-0.39, 0.29) is 34.7 Å². The smallest absolute Gasteiger partial charge is 0.310 e. The summed E-state index contributed by atoms with van der Waals surface area (Å²) >= 11 is 3.44. The van der Waals surface area contributed by atoms with Crippen LogP contribution < -0.4 is 0 Å². The molecule has 4 nitrogen and oxygen atoms in total. The van der Waals surface area contributed by atoms with E-state index in [1.54, 1.807) is 0 Å². The van der Waals surface area contributed by atoms with Gasteiger partial charge in [0.05, 0.1) is 16.7 Å². The molecule has 1 N–H and O–H groups in total. The number of aliphatic carboxylic acids is 1. The number of esters is 1. The monoisotopic (exact) mass is 260 g/mol. The summed E-state index contributed by atoms with van der Waals surface area (Å²) in [5.74, 6) is -1.87. The van der Waals surface area contributed by atoms with Crippen molar-refractivity contribution in [1.82, 2.24) is 0 Å². The molecule has 0 aromatic rings. The van der Waals surface area contributed by atoms with Crippen LogP contribution in [-0.2, 0) is 14.3 Å². The Bertz CT molecular complexity index is 329. The fourth-order valence-corrected chi connectivity index (χ4v) is 4.35. The van der Waals surface area contributed by atoms with Gasteiger partial charge < -0.3 is 9.84 Å². The van der Waals surface area contributed by atoms with E-state index in [0.717, 1.165) is 6.42 Å². The Morgan fingerprint density at radius 3 is 2.86 bits per heavy atom. The lowest BCUT2D eigenvalue weighted by Crippen LogP contribution is -2.37. The molecule has 2 aliphatic carbocycles. The van der Waals surface area contributed by atoms with Gasteiger partial charge in [0.1, 0.15) is 6.10 Å². The van der Waals surface area contributed by atoms with Crippen LogP contribution in [0.15, 0.2) is 0 Å². The molecule has 3 rings (SSSR count). The molecule has 3 aliphatic rings. The first-order valence-electron chi connectivity index (χ1n) is 4.68. The molecule has 0 amide bonds. The average molecular weight is 261 g/mol. The van der Waals surface area contributed by atoms with Crippen molar-refractivity contribution in [3.05, 3.63) is 0 Å². The van der Waals surface area contributed by atoms with Crippen LogP contribution in [0, 0.1) is 23.7 Å². The Labute approximate surface area is 88.7 Å². The number of carbonyl (C=O) groups excluding carboxylic acids is 1. The standard InChI is InChI=1S/C9H9BrO4/c10-6-2-1-3-5(4(2)8(11)12)9(13)14-7(3)6/h2-7H,1H2,(H,11,12)/t2-,3+,4-,5+,6+,7-/m1/s1. The number of fused-ring (bicyclic) bond motifs is 1. The second-order valence-electron chi connectivity index (χ2n) is 4.30. The predicted octanol–water partition coefficient (Wildman–Crippen LogP) is 0.642. The highest BCUT2D eigenvalue weighted by molar-refractivity contribution is 9.09. The third-order valence-electron chi connectivity index (χ3n) is 3.81. The molecule has 1 saturated heterocycles. The number of carbonyl (C=O) groups is 2. The molecule has 0 aromatic carbocycles. The summed E-state index contributed by atoms with van der Waals surface area (Å²) in [5, 5.41) is 9.06. The second kappa shape index (κ2) is 2.51. The van der Waals surface area contributed by atoms with Gasteiger partial charge in [-0.1, -0.05) is 15.9 Å². The van der Waals surface area contributed by atoms with Gasteiger partial charge in [-0.3, -0.25) is 9.59 Å². The first-order chi connectivity index (χ1) is 6.61. The van der Waals surface area contributed by atoms with E-state index in [1.165, 1.54) is 0 Å². The molecule has 76 valence electrons. The Balaban J connectivity index is 2.04. The fourth-order valence-electron chi connectivity index (χ4n) is 3.31. The molecule has 6 atom stereocenters. The third kappa shape index (κ3) is 0.798. The number of hydrogen-bond donors (Lipinski definition) is 1. The highest BCUT2D eigenvalue weighted by atomic mass is 79.9. The molecule has 2 bridgehead atoms. The number of carboxylic acid groups (broad SMARTS) is 1. The van der Waals surface area contributed by atoms with Crippen molar-refractivity contribution < 1.29 is 19.4 Å². The van der Waals surface area contributed by atoms with E-state index in [2.05, 4.69) is 15.9 Å². The van der Waals surface area contributed by atoms with Crippen LogP contribution in [0.3, 0.4) is 0 Å². The summed E-state index contributed by atoms with van der Waals surface area (Å²) in [6.45, 7) is 0. The second-order valence-corrected chi connectivity index (χ2v) is 5.36. The van der Waals surface area contributed by atoms with Crippen molar-refractivity contribution in [2.24, 2.45) is 23.7 Å². The van der Waals surface area contributed by atoms with Gasteiger partial charge in [-0.2, -0.15) is 0 Å². The van der Waals surface area contributed by atoms with E-state index in [1.807, 2.05) is 0 Å². The summed E-state index contributed by atoms with van der Waals surface area (Å²) in [4.78, 5) is 22.5. The van der Waals surface area contributed by atoms with E-state index in [9.17, 15) is 9.59 Å². The highest BCUT2D eigenvalue weighted by Gasteiger charge is 2.67. The Morgan fingerprint density at radius 1 is 1.50 bits per heavy atom. The number of hydrogen-bond acceptors (Lipinski definition) is 3. The van der Waals surface area contributed by atoms with Crippen LogP contribution in [0.4, 0.5) is 0 Å². The number of halogens is 1. The van der Waals surface area contributed by atoms with E-state index < -0.39 is 11.9 Å². The van der Waals surface area contributed by atoms with Gasteiger partial charge in [-0.05, 0) is 12.3 Å². The van der Waals surface area contributed by atoms with E-state index in [0.29, 0.717) is 0 Å². The van der Waals surface area contributed by atoms with Gasteiger partial charge in [0.15, 0.2) is 0 Å².